The Morgan fingerprint density at radius 3 is 2.42 bits per heavy atom. The topological polar surface area (TPSA) is 51.8 Å². The number of nitrogens with zero attached hydrogens (tertiary/aromatic N) is 2. The summed E-state index contributed by atoms with van der Waals surface area (Å²) in [6, 6.07) is 6.63. The van der Waals surface area contributed by atoms with Gasteiger partial charge in [-0.25, -0.2) is 9.97 Å². The fourth-order valence-electron chi connectivity index (χ4n) is 2.17. The Morgan fingerprint density at radius 2 is 1.79 bits per heavy atom. The van der Waals surface area contributed by atoms with Crippen LogP contribution < -0.4 is 5.73 Å². The number of thioether (sulfide) groups is 1. The van der Waals surface area contributed by atoms with Crippen LogP contribution in [0.25, 0.3) is 0 Å². The molecule has 1 heterocycles. The smallest absolute Gasteiger partial charge is 0.131 e. The molecule has 0 bridgehead atoms. The van der Waals surface area contributed by atoms with Crippen molar-refractivity contribution in [1.29, 1.82) is 0 Å². The first-order valence-corrected chi connectivity index (χ1v) is 7.38. The van der Waals surface area contributed by atoms with Crippen LogP contribution in [0.2, 0.25) is 0 Å². The van der Waals surface area contributed by atoms with Crippen LogP contribution >= 0.6 is 11.8 Å². The highest BCUT2D eigenvalue weighted by Gasteiger charge is 2.08. The van der Waals surface area contributed by atoms with Gasteiger partial charge in [-0.1, -0.05) is 36.2 Å². The molecule has 0 spiro atoms. The van der Waals surface area contributed by atoms with E-state index in [9.17, 15) is 0 Å². The Morgan fingerprint density at radius 1 is 1.11 bits per heavy atom. The number of hydrogen-bond donors (Lipinski definition) is 1. The largest absolute Gasteiger partial charge is 0.383 e. The second kappa shape index (κ2) is 6.06. The molecule has 2 N–H and O–H groups in total. The normalized spacial score (nSPS) is 10.7. The van der Waals surface area contributed by atoms with Crippen molar-refractivity contribution in [2.75, 3.05) is 5.73 Å². The fourth-order valence-corrected chi connectivity index (χ4v) is 3.18. The van der Waals surface area contributed by atoms with Gasteiger partial charge in [0, 0.05) is 11.3 Å². The van der Waals surface area contributed by atoms with Gasteiger partial charge in [0.15, 0.2) is 0 Å². The highest BCUT2D eigenvalue weighted by molar-refractivity contribution is 7.98. The molecule has 100 valence electrons. The summed E-state index contributed by atoms with van der Waals surface area (Å²) in [5.74, 6) is 1.51. The van der Waals surface area contributed by atoms with Crippen molar-refractivity contribution >= 4 is 17.6 Å². The Labute approximate surface area is 118 Å². The summed E-state index contributed by atoms with van der Waals surface area (Å²) in [7, 11) is 0. The van der Waals surface area contributed by atoms with Gasteiger partial charge in [0.1, 0.15) is 17.2 Å². The standard InChI is InChI=1S/C15H19N3S/c1-4-13-14(16)17-9-18-15(13)19-8-12-6-10(2)5-11(3)7-12/h5-7,9H,4,8H2,1-3H3,(H2,16,17,18). The van der Waals surface area contributed by atoms with Crippen molar-refractivity contribution in [3.8, 4) is 0 Å². The Hall–Kier alpha value is -1.55. The molecular formula is C15H19N3S. The SMILES string of the molecule is CCc1c(N)ncnc1SCc1cc(C)cc(C)c1. The highest BCUT2D eigenvalue weighted by Crippen LogP contribution is 2.27. The number of benzene rings is 1. The predicted octanol–water partition coefficient (Wildman–Crippen LogP) is 3.53. The zero-order chi connectivity index (χ0) is 13.8. The van der Waals surface area contributed by atoms with E-state index >= 15 is 0 Å². The third kappa shape index (κ3) is 3.47. The Balaban J connectivity index is 2.16. The molecule has 0 aliphatic heterocycles. The number of rotatable bonds is 4. The number of aromatic nitrogens is 2. The summed E-state index contributed by atoms with van der Waals surface area (Å²) in [6.45, 7) is 6.33. The van der Waals surface area contributed by atoms with Crippen molar-refractivity contribution in [1.82, 2.24) is 9.97 Å². The first kappa shape index (κ1) is 13.9. The van der Waals surface area contributed by atoms with Crippen LogP contribution in [0.5, 0.6) is 0 Å². The Bertz CT molecular complexity index is 561. The van der Waals surface area contributed by atoms with Crippen LogP contribution in [0.4, 0.5) is 5.82 Å². The van der Waals surface area contributed by atoms with Gasteiger partial charge in [-0.05, 0) is 25.8 Å². The van der Waals surface area contributed by atoms with E-state index in [2.05, 4.69) is 48.9 Å². The van der Waals surface area contributed by atoms with E-state index < -0.39 is 0 Å². The molecule has 0 saturated carbocycles. The van der Waals surface area contributed by atoms with Gasteiger partial charge in [-0.15, -0.1) is 11.8 Å². The van der Waals surface area contributed by atoms with Crippen molar-refractivity contribution in [3.05, 3.63) is 46.8 Å². The van der Waals surface area contributed by atoms with Crippen molar-refractivity contribution in [2.24, 2.45) is 0 Å². The highest BCUT2D eigenvalue weighted by atomic mass is 32.2. The van der Waals surface area contributed by atoms with Crippen molar-refractivity contribution < 1.29 is 0 Å². The van der Waals surface area contributed by atoms with Gasteiger partial charge in [-0.3, -0.25) is 0 Å². The average molecular weight is 273 g/mol. The van der Waals surface area contributed by atoms with Gasteiger partial charge in [0.05, 0.1) is 0 Å². The minimum atomic E-state index is 0.598. The summed E-state index contributed by atoms with van der Waals surface area (Å²) < 4.78 is 0. The maximum Gasteiger partial charge on any atom is 0.131 e. The van der Waals surface area contributed by atoms with E-state index in [4.69, 9.17) is 5.73 Å². The van der Waals surface area contributed by atoms with E-state index in [0.29, 0.717) is 5.82 Å². The third-order valence-corrected chi connectivity index (χ3v) is 4.05. The molecule has 2 rings (SSSR count). The quantitative estimate of drug-likeness (QED) is 0.684. The number of nitrogens with two attached hydrogens (primary N) is 1. The molecule has 0 radical (unpaired) electrons. The molecule has 0 fully saturated rings. The lowest BCUT2D eigenvalue weighted by Gasteiger charge is -2.09. The predicted molar refractivity (Wildman–Crippen MR) is 81.3 cm³/mol. The maximum absolute atomic E-state index is 5.88. The van der Waals surface area contributed by atoms with Gasteiger partial charge < -0.3 is 5.73 Å². The van der Waals surface area contributed by atoms with Gasteiger partial charge in [0.2, 0.25) is 0 Å². The number of aryl methyl sites for hydroxylation is 2. The van der Waals surface area contributed by atoms with Crippen LogP contribution in [-0.4, -0.2) is 9.97 Å². The molecule has 0 atom stereocenters. The molecule has 19 heavy (non-hydrogen) atoms. The van der Waals surface area contributed by atoms with Crippen molar-refractivity contribution in [3.63, 3.8) is 0 Å². The van der Waals surface area contributed by atoms with Gasteiger partial charge >= 0.3 is 0 Å². The van der Waals surface area contributed by atoms with E-state index in [0.717, 1.165) is 22.8 Å². The number of nitrogen functional groups attached to an aromatic ring is 1. The zero-order valence-electron chi connectivity index (χ0n) is 11.6. The van der Waals surface area contributed by atoms with Crippen LogP contribution in [0, 0.1) is 13.8 Å². The second-order valence-electron chi connectivity index (χ2n) is 4.68. The average Bonchev–Trinajstić information content (AvgIpc) is 2.35. The molecule has 0 aliphatic carbocycles. The van der Waals surface area contributed by atoms with Crippen LogP contribution in [0.1, 0.15) is 29.2 Å². The third-order valence-electron chi connectivity index (χ3n) is 2.95. The van der Waals surface area contributed by atoms with Crippen molar-refractivity contribution in [2.45, 2.75) is 38.0 Å². The lowest BCUT2D eigenvalue weighted by Crippen LogP contribution is -2.00. The lowest BCUT2D eigenvalue weighted by molar-refractivity contribution is 0.952. The van der Waals surface area contributed by atoms with Crippen LogP contribution in [0.3, 0.4) is 0 Å². The fraction of sp³-hybridized carbons (Fsp3) is 0.333. The minimum Gasteiger partial charge on any atom is -0.383 e. The molecule has 1 aromatic carbocycles. The molecule has 4 heteroatoms. The minimum absolute atomic E-state index is 0.598. The van der Waals surface area contributed by atoms with E-state index in [1.807, 2.05) is 0 Å². The maximum atomic E-state index is 5.88. The Kier molecular flexibility index (Phi) is 4.43. The molecule has 2 aromatic rings. The van der Waals surface area contributed by atoms with Gasteiger partial charge in [-0.2, -0.15) is 0 Å². The molecule has 1 aromatic heterocycles. The van der Waals surface area contributed by atoms with E-state index in [-0.39, 0.29) is 0 Å². The molecule has 0 aliphatic rings. The second-order valence-corrected chi connectivity index (χ2v) is 5.64. The molecule has 0 unspecified atom stereocenters. The molecule has 0 saturated heterocycles. The summed E-state index contributed by atoms with van der Waals surface area (Å²) in [6.07, 6.45) is 2.40. The summed E-state index contributed by atoms with van der Waals surface area (Å²) in [4.78, 5) is 8.39. The summed E-state index contributed by atoms with van der Waals surface area (Å²) in [5.41, 5.74) is 10.9. The van der Waals surface area contributed by atoms with E-state index in [1.54, 1.807) is 18.1 Å². The number of anilines is 1. The lowest BCUT2D eigenvalue weighted by atomic mass is 10.1. The molecule has 0 amide bonds. The van der Waals surface area contributed by atoms with E-state index in [1.165, 1.54) is 16.7 Å². The monoisotopic (exact) mass is 273 g/mol. The molecule has 3 nitrogen and oxygen atoms in total. The van der Waals surface area contributed by atoms with Gasteiger partial charge in [0.25, 0.3) is 0 Å². The summed E-state index contributed by atoms with van der Waals surface area (Å²) in [5, 5.41) is 0.995. The first-order valence-electron chi connectivity index (χ1n) is 6.39. The first-order chi connectivity index (χ1) is 9.10. The number of hydrogen-bond acceptors (Lipinski definition) is 4. The molecular weight excluding hydrogens is 254 g/mol. The van der Waals surface area contributed by atoms with Crippen LogP contribution in [-0.2, 0) is 12.2 Å². The van der Waals surface area contributed by atoms with Crippen LogP contribution in [0.15, 0.2) is 29.6 Å². The zero-order valence-corrected chi connectivity index (χ0v) is 12.4. The summed E-state index contributed by atoms with van der Waals surface area (Å²) >= 11 is 1.73.